The molecule has 2 N–H and O–H groups in total. The monoisotopic (exact) mass is 310 g/mol. The highest BCUT2D eigenvalue weighted by molar-refractivity contribution is 7.91. The second-order valence-corrected chi connectivity index (χ2v) is 6.80. The van der Waals surface area contributed by atoms with E-state index in [1.165, 1.54) is 0 Å². The van der Waals surface area contributed by atoms with E-state index in [9.17, 15) is 21.6 Å². The van der Waals surface area contributed by atoms with E-state index in [-0.39, 0.29) is 16.3 Å². The van der Waals surface area contributed by atoms with Crippen LogP contribution in [0.5, 0.6) is 0 Å². The van der Waals surface area contributed by atoms with Gasteiger partial charge in [-0.2, -0.15) is 13.2 Å². The van der Waals surface area contributed by atoms with E-state index in [4.69, 9.17) is 5.73 Å². The van der Waals surface area contributed by atoms with Crippen molar-refractivity contribution < 1.29 is 21.6 Å². The minimum atomic E-state index is -4.54. The van der Waals surface area contributed by atoms with Crippen molar-refractivity contribution in [3.63, 3.8) is 0 Å². The van der Waals surface area contributed by atoms with Gasteiger partial charge < -0.3 is 10.6 Å². The van der Waals surface area contributed by atoms with Crippen LogP contribution in [0.3, 0.4) is 0 Å². The molecule has 8 heteroatoms. The number of hydrogen-bond donors (Lipinski definition) is 1. The fraction of sp³-hybridized carbons (Fsp3) is 0.500. The molecule has 0 amide bonds. The van der Waals surface area contributed by atoms with Crippen molar-refractivity contribution in [3.8, 4) is 0 Å². The molecule has 0 saturated heterocycles. The zero-order chi connectivity index (χ0) is 15.6. The maximum Gasteiger partial charge on any atom is 0.416 e. The standard InChI is InChI=1S/C12H17F3N2O2S/c1-17(2)6-3-7-20(18,19)11-5-4-9(8-10(11)16)12(13,14)15/h4-5,8H,3,6-7,16H2,1-2H3. The zero-order valence-electron chi connectivity index (χ0n) is 11.2. The second-order valence-electron chi connectivity index (χ2n) is 4.73. The summed E-state index contributed by atoms with van der Waals surface area (Å²) in [5.74, 6) is -0.152. The van der Waals surface area contributed by atoms with Gasteiger partial charge in [-0.3, -0.25) is 0 Å². The van der Waals surface area contributed by atoms with E-state index in [1.54, 1.807) is 14.1 Å². The van der Waals surface area contributed by atoms with Gasteiger partial charge in [-0.1, -0.05) is 0 Å². The van der Waals surface area contributed by atoms with Crippen LogP contribution in [0.25, 0.3) is 0 Å². The summed E-state index contributed by atoms with van der Waals surface area (Å²) in [4.78, 5) is 1.58. The average molecular weight is 310 g/mol. The summed E-state index contributed by atoms with van der Waals surface area (Å²) < 4.78 is 61.5. The van der Waals surface area contributed by atoms with E-state index >= 15 is 0 Å². The first-order chi connectivity index (χ1) is 9.04. The van der Waals surface area contributed by atoms with Crippen LogP contribution in [0.15, 0.2) is 23.1 Å². The Balaban J connectivity index is 2.97. The number of hydrogen-bond acceptors (Lipinski definition) is 4. The number of anilines is 1. The van der Waals surface area contributed by atoms with Crippen LogP contribution in [0.4, 0.5) is 18.9 Å². The number of sulfone groups is 1. The fourth-order valence-corrected chi connectivity index (χ4v) is 3.11. The minimum Gasteiger partial charge on any atom is -0.398 e. The molecule has 0 unspecified atom stereocenters. The molecule has 114 valence electrons. The third kappa shape index (κ3) is 4.38. The molecule has 20 heavy (non-hydrogen) atoms. The van der Waals surface area contributed by atoms with Gasteiger partial charge in [0.05, 0.1) is 21.9 Å². The lowest BCUT2D eigenvalue weighted by Crippen LogP contribution is -2.18. The normalized spacial score (nSPS) is 12.9. The zero-order valence-corrected chi connectivity index (χ0v) is 12.1. The van der Waals surface area contributed by atoms with Gasteiger partial charge in [0.15, 0.2) is 9.84 Å². The lowest BCUT2D eigenvalue weighted by atomic mass is 10.2. The predicted octanol–water partition coefficient (Wildman–Crippen LogP) is 2.01. The maximum atomic E-state index is 12.5. The molecule has 0 atom stereocenters. The van der Waals surface area contributed by atoms with E-state index < -0.39 is 21.6 Å². The Morgan fingerprint density at radius 1 is 1.25 bits per heavy atom. The fourth-order valence-electron chi connectivity index (χ4n) is 1.69. The first-order valence-corrected chi connectivity index (χ1v) is 7.53. The molecular formula is C12H17F3N2O2S. The number of benzene rings is 1. The third-order valence-corrected chi connectivity index (χ3v) is 4.56. The Morgan fingerprint density at radius 2 is 1.85 bits per heavy atom. The van der Waals surface area contributed by atoms with Gasteiger partial charge in [-0.15, -0.1) is 0 Å². The Labute approximate surface area is 116 Å². The molecule has 0 radical (unpaired) electrons. The van der Waals surface area contributed by atoms with Crippen molar-refractivity contribution >= 4 is 15.5 Å². The van der Waals surface area contributed by atoms with Crippen LogP contribution in [0.1, 0.15) is 12.0 Å². The highest BCUT2D eigenvalue weighted by Crippen LogP contribution is 2.32. The molecule has 1 aromatic rings. The van der Waals surface area contributed by atoms with Crippen molar-refractivity contribution in [1.82, 2.24) is 4.90 Å². The quantitative estimate of drug-likeness (QED) is 0.845. The van der Waals surface area contributed by atoms with E-state index in [0.717, 1.165) is 12.1 Å². The molecule has 0 saturated carbocycles. The highest BCUT2D eigenvalue weighted by atomic mass is 32.2. The Morgan fingerprint density at radius 3 is 2.30 bits per heavy atom. The first kappa shape index (κ1) is 16.8. The summed E-state index contributed by atoms with van der Waals surface area (Å²) in [7, 11) is -0.0586. The lowest BCUT2D eigenvalue weighted by molar-refractivity contribution is -0.137. The van der Waals surface area contributed by atoms with Crippen molar-refractivity contribution in [2.45, 2.75) is 17.5 Å². The molecule has 0 spiro atoms. The summed E-state index contributed by atoms with van der Waals surface area (Å²) in [6, 6.07) is 2.30. The van der Waals surface area contributed by atoms with Gasteiger partial charge in [0.1, 0.15) is 0 Å². The van der Waals surface area contributed by atoms with Crippen molar-refractivity contribution in [2.75, 3.05) is 32.1 Å². The maximum absolute atomic E-state index is 12.5. The average Bonchev–Trinajstić information content (AvgIpc) is 2.26. The molecule has 4 nitrogen and oxygen atoms in total. The Bertz CT molecular complexity index is 569. The van der Waals surface area contributed by atoms with Crippen LogP contribution in [0, 0.1) is 0 Å². The van der Waals surface area contributed by atoms with E-state index in [0.29, 0.717) is 19.0 Å². The van der Waals surface area contributed by atoms with Gasteiger partial charge in [0.25, 0.3) is 0 Å². The molecule has 0 fully saturated rings. The van der Waals surface area contributed by atoms with Crippen LogP contribution in [0.2, 0.25) is 0 Å². The SMILES string of the molecule is CN(C)CCCS(=O)(=O)c1ccc(C(F)(F)F)cc1N. The van der Waals surface area contributed by atoms with Gasteiger partial charge in [-0.25, -0.2) is 8.42 Å². The smallest absolute Gasteiger partial charge is 0.398 e. The number of nitrogen functional groups attached to an aromatic ring is 1. The van der Waals surface area contributed by atoms with Gasteiger partial charge in [-0.05, 0) is 45.3 Å². The number of nitrogens with two attached hydrogens (primary N) is 1. The Hall–Kier alpha value is -1.28. The van der Waals surface area contributed by atoms with Crippen LogP contribution >= 0.6 is 0 Å². The highest BCUT2D eigenvalue weighted by Gasteiger charge is 2.31. The number of nitrogens with zero attached hydrogens (tertiary/aromatic N) is 1. The minimum absolute atomic E-state index is 0.152. The number of rotatable bonds is 5. The summed E-state index contributed by atoms with van der Waals surface area (Å²) in [6.07, 6.45) is -4.16. The van der Waals surface area contributed by atoms with Crippen molar-refractivity contribution in [3.05, 3.63) is 23.8 Å². The molecule has 1 aromatic carbocycles. The van der Waals surface area contributed by atoms with Crippen molar-refractivity contribution in [1.29, 1.82) is 0 Å². The van der Waals surface area contributed by atoms with Gasteiger partial charge in [0, 0.05) is 0 Å². The number of alkyl halides is 3. The largest absolute Gasteiger partial charge is 0.416 e. The number of halogens is 3. The van der Waals surface area contributed by atoms with E-state index in [2.05, 4.69) is 0 Å². The van der Waals surface area contributed by atoms with E-state index in [1.807, 2.05) is 4.90 Å². The van der Waals surface area contributed by atoms with Crippen LogP contribution in [-0.2, 0) is 16.0 Å². The summed E-state index contributed by atoms with van der Waals surface area (Å²) in [5, 5.41) is 0. The molecule has 1 rings (SSSR count). The van der Waals surface area contributed by atoms with Crippen molar-refractivity contribution in [2.24, 2.45) is 0 Å². The van der Waals surface area contributed by atoms with Gasteiger partial charge in [0.2, 0.25) is 0 Å². The topological polar surface area (TPSA) is 63.4 Å². The van der Waals surface area contributed by atoms with Crippen LogP contribution < -0.4 is 5.73 Å². The summed E-state index contributed by atoms with van der Waals surface area (Å²) in [6.45, 7) is 0.569. The molecule has 0 aliphatic carbocycles. The van der Waals surface area contributed by atoms with Crippen LogP contribution in [-0.4, -0.2) is 39.7 Å². The Kier molecular flexibility index (Phi) is 5.04. The first-order valence-electron chi connectivity index (χ1n) is 5.88. The molecule has 0 bridgehead atoms. The third-order valence-electron chi connectivity index (χ3n) is 2.69. The lowest BCUT2D eigenvalue weighted by Gasteiger charge is -2.12. The molecule has 0 aromatic heterocycles. The molecule has 0 heterocycles. The summed E-state index contributed by atoms with van der Waals surface area (Å²) in [5.41, 5.74) is 4.12. The summed E-state index contributed by atoms with van der Waals surface area (Å²) >= 11 is 0. The molecule has 0 aliphatic rings. The second kappa shape index (κ2) is 6.01. The molecular weight excluding hydrogens is 293 g/mol. The molecule has 0 aliphatic heterocycles. The predicted molar refractivity (Wildman–Crippen MR) is 71.1 cm³/mol. The van der Waals surface area contributed by atoms with Gasteiger partial charge >= 0.3 is 6.18 Å².